The van der Waals surface area contributed by atoms with Crippen molar-refractivity contribution in [3.05, 3.63) is 522 Å². The molecule has 0 spiro atoms. The summed E-state index contributed by atoms with van der Waals surface area (Å²) in [4.78, 5) is 4.62. The number of rotatable bonds is 16. The van der Waals surface area contributed by atoms with E-state index < -0.39 is 0 Å². The lowest BCUT2D eigenvalue weighted by Gasteiger charge is -2.30. The Kier molecular flexibility index (Phi) is 20.1. The summed E-state index contributed by atoms with van der Waals surface area (Å²) in [5.41, 5.74) is 30.9. The summed E-state index contributed by atoms with van der Waals surface area (Å²) in [7, 11) is 0. The zero-order valence-electron chi connectivity index (χ0n) is 78.3. The summed E-state index contributed by atoms with van der Waals surface area (Å²) in [6.07, 6.45) is 0. The van der Waals surface area contributed by atoms with E-state index in [2.05, 4.69) is 513 Å². The Morgan fingerprint density at radius 2 is 0.528 bits per heavy atom. The molecule has 2 aliphatic heterocycles. The van der Waals surface area contributed by atoms with Crippen LogP contribution in [0, 0.1) is 0 Å². The van der Waals surface area contributed by atoms with E-state index in [4.69, 9.17) is 18.3 Å². The predicted molar refractivity (Wildman–Crippen MR) is 607 cm³/mol. The molecule has 25 aromatic carbocycles. The maximum absolute atomic E-state index is 7.15. The lowest BCUT2D eigenvalue weighted by Crippen LogP contribution is -2.52. The van der Waals surface area contributed by atoms with Crippen molar-refractivity contribution in [2.24, 2.45) is 0 Å². The Bertz CT molecular complexity index is 9720. The molecular formula is C136H86B2N2O4. The fraction of sp³-hybridized carbons (Fsp3) is 0. The minimum absolute atomic E-state index is 0.0970. The topological polar surface area (TPSA) is 51.2 Å². The first-order valence-electron chi connectivity index (χ1n) is 49.5. The van der Waals surface area contributed by atoms with E-state index in [0.29, 0.717) is 0 Å². The highest BCUT2D eigenvalue weighted by atomic mass is 16.5. The fourth-order valence-corrected chi connectivity index (χ4v) is 23.4. The van der Waals surface area contributed by atoms with Gasteiger partial charge in [0.2, 0.25) is 13.4 Å². The van der Waals surface area contributed by atoms with Gasteiger partial charge < -0.3 is 28.1 Å². The molecule has 2 aromatic heterocycles. The second-order valence-electron chi connectivity index (χ2n) is 37.7. The van der Waals surface area contributed by atoms with Crippen LogP contribution in [0.15, 0.2) is 531 Å². The van der Waals surface area contributed by atoms with Crippen LogP contribution in [0.2, 0.25) is 0 Å². The monoisotopic (exact) mass is 1830 g/mol. The molecule has 27 aromatic rings. The third-order valence-electron chi connectivity index (χ3n) is 29.8. The Morgan fingerprint density at radius 3 is 1.12 bits per heavy atom. The number of hydrogen-bond donors (Lipinski definition) is 0. The van der Waals surface area contributed by atoms with Crippen LogP contribution in [0.4, 0.5) is 34.1 Å². The summed E-state index contributed by atoms with van der Waals surface area (Å²) in [6, 6.07) is 188. The summed E-state index contributed by atoms with van der Waals surface area (Å²) >= 11 is 0. The molecule has 0 saturated carbocycles. The van der Waals surface area contributed by atoms with Gasteiger partial charge in [0.15, 0.2) is 5.58 Å². The van der Waals surface area contributed by atoms with Gasteiger partial charge in [0.25, 0.3) is 0 Å². The van der Waals surface area contributed by atoms with E-state index in [0.717, 1.165) is 156 Å². The van der Waals surface area contributed by atoms with Crippen molar-refractivity contribution < 1.29 is 18.3 Å². The second kappa shape index (κ2) is 34.7. The van der Waals surface area contributed by atoms with Crippen LogP contribution in [-0.4, -0.2) is 13.4 Å². The Balaban J connectivity index is 0.000000147. The van der Waals surface area contributed by atoms with Crippen molar-refractivity contribution in [3.8, 4) is 89.8 Å². The molecule has 144 heavy (non-hydrogen) atoms. The van der Waals surface area contributed by atoms with Gasteiger partial charge in [-0.1, -0.05) is 428 Å². The maximum atomic E-state index is 7.15. The average Bonchev–Trinajstić information content (AvgIpc) is 0.806. The van der Waals surface area contributed by atoms with Crippen molar-refractivity contribution in [2.45, 2.75) is 0 Å². The molecule has 0 saturated heterocycles. The van der Waals surface area contributed by atoms with Crippen molar-refractivity contribution in [1.82, 2.24) is 0 Å². The fourth-order valence-electron chi connectivity index (χ4n) is 23.4. The van der Waals surface area contributed by atoms with E-state index >= 15 is 0 Å². The van der Waals surface area contributed by atoms with Crippen molar-refractivity contribution in [1.29, 1.82) is 0 Å². The number of hydrogen-bond acceptors (Lipinski definition) is 6. The molecule has 0 radical (unpaired) electrons. The van der Waals surface area contributed by atoms with Crippen LogP contribution >= 0.6 is 0 Å². The van der Waals surface area contributed by atoms with E-state index in [-0.39, 0.29) is 13.4 Å². The molecule has 8 heteroatoms. The van der Waals surface area contributed by atoms with Gasteiger partial charge in [0.1, 0.15) is 39.7 Å². The highest BCUT2D eigenvalue weighted by Crippen LogP contribution is 2.57. The number of fused-ring (bicyclic) bond motifs is 19. The van der Waals surface area contributed by atoms with Gasteiger partial charge in [0, 0.05) is 78.2 Å². The van der Waals surface area contributed by atoms with Gasteiger partial charge in [-0.05, 0) is 229 Å². The molecule has 0 atom stereocenters. The number of anilines is 6. The average molecular weight is 1830 g/mol. The van der Waals surface area contributed by atoms with E-state index in [9.17, 15) is 0 Å². The normalized spacial score (nSPS) is 11.9. The highest BCUT2D eigenvalue weighted by molar-refractivity contribution is 6.98. The number of benzene rings is 25. The van der Waals surface area contributed by atoms with Crippen LogP contribution in [0.5, 0.6) is 23.0 Å². The molecule has 0 unspecified atom stereocenters. The van der Waals surface area contributed by atoms with Crippen LogP contribution in [-0.2, 0) is 0 Å². The zero-order valence-corrected chi connectivity index (χ0v) is 78.3. The van der Waals surface area contributed by atoms with Crippen LogP contribution in [0.25, 0.3) is 186 Å². The Hall–Kier alpha value is -18.8. The first-order chi connectivity index (χ1) is 71.5. The first-order valence-corrected chi connectivity index (χ1v) is 49.5. The molecule has 670 valence electrons. The first kappa shape index (κ1) is 83.4. The van der Waals surface area contributed by atoms with E-state index in [1.54, 1.807) is 0 Å². The SMILES string of the molecule is c1ccc(-c2ccccc2B(c2ccc(-c3cc4c5cccc6c5c(cc4c4ccccc34)-c3ccc(N(c4ccccc4-c4ccccc4)c4cccc5c4oc4ccccc45)cc3O6)cc2)c2cccc3c2oc2ccccc23)cc1.c1ccc(B(c2ccccc2)c2cccc3c(-c4cc5c6cccc7c6c(cc5c5ccccc45)-c4ccc(N(c5ccccc5)c5ccccc5)cc4O7)cccc23)cc1. The van der Waals surface area contributed by atoms with Crippen LogP contribution < -0.4 is 52.1 Å². The minimum atomic E-state index is -0.123. The van der Waals surface area contributed by atoms with Crippen LogP contribution in [0.3, 0.4) is 0 Å². The molecule has 0 bridgehead atoms. The lowest BCUT2D eigenvalue weighted by atomic mass is 9.35. The summed E-state index contributed by atoms with van der Waals surface area (Å²) in [5, 5.41) is 21.2. The molecular weight excluding hydrogens is 1750 g/mol. The number of para-hydroxylation sites is 7. The smallest absolute Gasteiger partial charge is 0.246 e. The number of furan rings is 2. The lowest BCUT2D eigenvalue weighted by molar-refractivity contribution is 0.487. The molecule has 29 rings (SSSR count). The summed E-state index contributed by atoms with van der Waals surface area (Å²) in [6.45, 7) is -0.0258. The Labute approximate surface area is 833 Å². The van der Waals surface area contributed by atoms with Crippen molar-refractivity contribution >= 4 is 200 Å². The van der Waals surface area contributed by atoms with Crippen LogP contribution in [0.1, 0.15) is 0 Å². The van der Waals surface area contributed by atoms with Gasteiger partial charge in [-0.2, -0.15) is 0 Å². The number of ether oxygens (including phenoxy) is 2. The van der Waals surface area contributed by atoms with E-state index in [1.807, 2.05) is 18.2 Å². The standard InChI is InChI=1S/C78H48BNO3.C58H38BNO/c1-3-20-49(21-4-1)54-24-9-13-33-68(54)79(69-34-17-31-62-58-28-11-15-37-72(58)82-77(62)69)52-42-40-51(41-43-52)64-47-66-61-30-19-39-74-76(61)67(48-65(66)57-27-8-7-26-56(57)64)60-45-44-53(46-75(60)81-74)80(70-35-14-10-25-55(70)50-22-5-2-6-23-50)71-36-18-32-63-59-29-12-16-38-73(59)83-78(63)71;1-5-18-39(19-6-1)59(40-20-7-2-8-21-40)55-32-16-29-44-47(28-15-30-48(44)55)51-37-53-50-31-17-33-56-58(50)54(38-52(53)46-27-14-13-26-45(46)51)49-35-34-43(36-57(49)61-56)60(41-22-9-3-10-23-41)42-24-11-4-12-25-42/h1-48H;1-38H. The highest BCUT2D eigenvalue weighted by Gasteiger charge is 2.34. The molecule has 0 N–H and O–H groups in total. The molecule has 0 amide bonds. The minimum Gasteiger partial charge on any atom is -0.457 e. The molecule has 0 aliphatic carbocycles. The third-order valence-corrected chi connectivity index (χ3v) is 29.8. The van der Waals surface area contributed by atoms with Gasteiger partial charge in [-0.3, -0.25) is 0 Å². The van der Waals surface area contributed by atoms with Crippen molar-refractivity contribution in [3.63, 3.8) is 0 Å². The van der Waals surface area contributed by atoms with Crippen molar-refractivity contribution in [2.75, 3.05) is 9.80 Å². The van der Waals surface area contributed by atoms with E-state index in [1.165, 1.54) is 120 Å². The second-order valence-corrected chi connectivity index (χ2v) is 37.7. The maximum Gasteiger partial charge on any atom is 0.246 e. The largest absolute Gasteiger partial charge is 0.457 e. The quantitative estimate of drug-likeness (QED) is 0.0710. The predicted octanol–water partition coefficient (Wildman–Crippen LogP) is 33.4. The summed E-state index contributed by atoms with van der Waals surface area (Å²) in [5.74, 6) is 3.36. The zero-order chi connectivity index (χ0) is 94.8. The molecule has 4 heterocycles. The van der Waals surface area contributed by atoms with Gasteiger partial charge >= 0.3 is 0 Å². The van der Waals surface area contributed by atoms with Gasteiger partial charge in [-0.25, -0.2) is 0 Å². The van der Waals surface area contributed by atoms with Gasteiger partial charge in [0.05, 0.1) is 17.1 Å². The summed E-state index contributed by atoms with van der Waals surface area (Å²) < 4.78 is 27.6. The molecule has 6 nitrogen and oxygen atoms in total. The Morgan fingerprint density at radius 1 is 0.160 bits per heavy atom. The molecule has 0 fully saturated rings. The number of nitrogens with zero attached hydrogens (tertiary/aromatic N) is 2. The van der Waals surface area contributed by atoms with Gasteiger partial charge in [-0.15, -0.1) is 0 Å². The molecule has 2 aliphatic rings. The third kappa shape index (κ3) is 14.0.